The molecule has 5 rings (SSSR count). The van der Waals surface area contributed by atoms with Crippen LogP contribution >= 0.6 is 15.6 Å². The van der Waals surface area contributed by atoms with Gasteiger partial charge in [-0.25, -0.2) is 9.13 Å². The molecule has 1 unspecified atom stereocenters. The number of nitrogens with zero attached hydrogens (tertiary/aromatic N) is 2. The van der Waals surface area contributed by atoms with Crippen molar-refractivity contribution in [2.45, 2.75) is 68.7 Å². The first-order valence-corrected chi connectivity index (χ1v) is 16.2. The van der Waals surface area contributed by atoms with E-state index in [4.69, 9.17) is 38.5 Å². The van der Waals surface area contributed by atoms with Crippen LogP contribution in [0.2, 0.25) is 0 Å². The lowest BCUT2D eigenvalue weighted by atomic mass is 10.1. The Morgan fingerprint density at radius 3 is 1.73 bits per heavy atom. The van der Waals surface area contributed by atoms with Crippen molar-refractivity contribution in [3.8, 4) is 0 Å². The lowest BCUT2D eigenvalue weighted by Crippen LogP contribution is -2.46. The fraction of sp³-hybridized carbons (Fsp3) is 0.565. The second-order valence-corrected chi connectivity index (χ2v) is 13.0. The van der Waals surface area contributed by atoms with Gasteiger partial charge in [0.1, 0.15) is 48.3 Å². The van der Waals surface area contributed by atoms with Gasteiger partial charge in [-0.05, 0) is 13.8 Å². The predicted molar refractivity (Wildman–Crippen MR) is 146 cm³/mol. The second kappa shape index (κ2) is 13.3. The molecule has 5 aliphatic heterocycles. The molecule has 0 aromatic heterocycles. The van der Waals surface area contributed by atoms with Crippen LogP contribution in [-0.2, 0) is 46.7 Å². The maximum absolute atomic E-state index is 11.4. The van der Waals surface area contributed by atoms with Gasteiger partial charge in [0.05, 0.1) is 13.2 Å². The van der Waals surface area contributed by atoms with Crippen molar-refractivity contribution >= 4 is 27.5 Å². The van der Waals surface area contributed by atoms with Gasteiger partial charge in [0.2, 0.25) is 0 Å². The Bertz CT molecular complexity index is 1350. The van der Waals surface area contributed by atoms with E-state index in [9.17, 15) is 28.9 Å². The molecule has 8 atom stereocenters. The van der Waals surface area contributed by atoms with Crippen molar-refractivity contribution in [3.63, 3.8) is 0 Å². The highest BCUT2D eigenvalue weighted by atomic mass is 31.2. The van der Waals surface area contributed by atoms with E-state index in [0.29, 0.717) is 5.82 Å². The topological polar surface area (TPSA) is 276 Å². The maximum Gasteiger partial charge on any atom is 0.469 e. The first-order chi connectivity index (χ1) is 20.7. The van der Waals surface area contributed by atoms with Crippen molar-refractivity contribution in [1.29, 1.82) is 0 Å². The molecule has 0 saturated carbocycles. The van der Waals surface area contributed by atoms with E-state index in [1.807, 2.05) is 0 Å². The number of nitrogens with one attached hydrogen (secondary N) is 2. The van der Waals surface area contributed by atoms with Gasteiger partial charge in [0, 0.05) is 24.6 Å². The minimum atomic E-state index is -4.71. The number of hydrogen-bond acceptors (Lipinski definition) is 14. The molecule has 5 aliphatic rings. The average molecular weight is 684 g/mol. The van der Waals surface area contributed by atoms with E-state index in [1.165, 1.54) is 29.5 Å². The fourth-order valence-electron chi connectivity index (χ4n) is 4.90. The Hall–Kier alpha value is -2.52. The van der Waals surface area contributed by atoms with Crippen molar-refractivity contribution in [3.05, 3.63) is 49.4 Å². The van der Waals surface area contributed by atoms with Gasteiger partial charge in [-0.2, -0.15) is 0 Å². The average Bonchev–Trinajstić information content (AvgIpc) is 3.49. The Morgan fingerprint density at radius 2 is 1.24 bits per heavy atom. The summed E-state index contributed by atoms with van der Waals surface area (Å²) in [6.45, 7) is 9.83. The highest BCUT2D eigenvalue weighted by Gasteiger charge is 2.57. The van der Waals surface area contributed by atoms with E-state index in [2.05, 4.69) is 32.8 Å². The molecule has 20 nitrogen and oxygen atoms in total. The number of amides is 2. The van der Waals surface area contributed by atoms with Gasteiger partial charge < -0.3 is 69.2 Å². The number of aliphatic hydroxyl groups is 2. The maximum atomic E-state index is 11.4. The quantitative estimate of drug-likeness (QED) is 0.125. The Balaban J connectivity index is 0.000000207. The van der Waals surface area contributed by atoms with Crippen LogP contribution in [0.25, 0.3) is 0 Å². The number of hydrogen-bond donors (Lipinski definition) is 8. The number of carbonyl (C=O) groups is 2. The smallest absolute Gasteiger partial charge is 0.387 e. The zero-order chi connectivity index (χ0) is 33.5. The molecule has 8 N–H and O–H groups in total. The molecule has 5 heterocycles. The molecule has 0 bridgehead atoms. The van der Waals surface area contributed by atoms with Crippen LogP contribution < -0.4 is 10.6 Å². The zero-order valence-electron chi connectivity index (χ0n) is 23.8. The minimum absolute atomic E-state index is 0.135. The highest BCUT2D eigenvalue weighted by Crippen LogP contribution is 2.43. The molecule has 0 radical (unpaired) electrons. The molecule has 0 aromatic rings. The van der Waals surface area contributed by atoms with Crippen LogP contribution in [-0.4, -0.2) is 119 Å². The summed E-state index contributed by atoms with van der Waals surface area (Å²) in [4.78, 5) is 60.3. The normalized spacial score (nSPS) is 34.4. The Labute approximate surface area is 255 Å². The van der Waals surface area contributed by atoms with Gasteiger partial charge >= 0.3 is 15.6 Å². The molecule has 2 amide bonds. The molecule has 0 spiro atoms. The lowest BCUT2D eigenvalue weighted by Gasteiger charge is -2.34. The fourth-order valence-corrected chi connectivity index (χ4v) is 5.59. The Kier molecular flexibility index (Phi) is 10.4. The summed E-state index contributed by atoms with van der Waals surface area (Å²) in [5, 5.41) is 24.7. The van der Waals surface area contributed by atoms with E-state index < -0.39 is 83.0 Å². The lowest BCUT2D eigenvalue weighted by molar-refractivity contribution is -0.202. The van der Waals surface area contributed by atoms with E-state index >= 15 is 0 Å². The van der Waals surface area contributed by atoms with Crippen molar-refractivity contribution in [2.75, 3.05) is 13.2 Å². The zero-order valence-corrected chi connectivity index (χ0v) is 25.6. The number of rotatable bonds is 8. The molecular formula is C23H34N4O16P2. The van der Waals surface area contributed by atoms with E-state index in [1.54, 1.807) is 18.7 Å². The summed E-state index contributed by atoms with van der Waals surface area (Å²) in [6, 6.07) is 0. The Morgan fingerprint density at radius 1 is 0.800 bits per heavy atom. The third-order valence-electron chi connectivity index (χ3n) is 6.76. The van der Waals surface area contributed by atoms with Crippen LogP contribution in [0.4, 0.5) is 0 Å². The van der Waals surface area contributed by atoms with Crippen LogP contribution in [0.1, 0.15) is 13.8 Å². The number of phosphoric acid groups is 2. The van der Waals surface area contributed by atoms with Crippen molar-refractivity contribution in [2.24, 2.45) is 0 Å². The number of aliphatic hydroxyl groups excluding tert-OH is 2. The number of ether oxygens (including phenoxy) is 4. The predicted octanol–water partition coefficient (Wildman–Crippen LogP) is -2.28. The van der Waals surface area contributed by atoms with Crippen LogP contribution in [0.5, 0.6) is 0 Å². The standard InChI is InChI=1S/C13H19N2O8P.C10H15N2O8P/c1-7-14-9(16)4-5-15(7)12-11-10(22-13(2,3)23-11)8(21-12)6-20-24(17,18)19;1-5-11-7(13)2-3-12(5)10-9(15)8(14)6(20-10)4-19-21(16,17)18/h4-5,8,10-12H,1,6H2,2-3H3,(H,14,16)(H2,17,18,19);2-3,6,8-10,14-15H,1,4H2,(H,11,13)(H2,16,17,18)/t8-,10-,11?,12-;6-,8-,9-,10-/m11/s1. The van der Waals surface area contributed by atoms with Crippen molar-refractivity contribution in [1.82, 2.24) is 20.4 Å². The van der Waals surface area contributed by atoms with Crippen LogP contribution in [0, 0.1) is 0 Å². The first kappa shape index (κ1) is 35.3. The number of phosphoric ester groups is 2. The van der Waals surface area contributed by atoms with E-state index in [0.717, 1.165) is 0 Å². The molecule has 45 heavy (non-hydrogen) atoms. The summed E-state index contributed by atoms with van der Waals surface area (Å²) in [7, 11) is -9.35. The summed E-state index contributed by atoms with van der Waals surface area (Å²) in [6.07, 6.45) is -2.29. The van der Waals surface area contributed by atoms with Gasteiger partial charge in [0.15, 0.2) is 18.2 Å². The molecular weight excluding hydrogens is 650 g/mol. The second-order valence-electron chi connectivity index (χ2n) is 10.6. The number of carbonyl (C=O) groups excluding carboxylic acids is 2. The van der Waals surface area contributed by atoms with Gasteiger partial charge in [-0.1, -0.05) is 13.2 Å². The third-order valence-corrected chi connectivity index (χ3v) is 7.73. The SMILES string of the molecule is C=C1NC(=O)C=CN1[C@@H]1O[C@H](COP(=O)(O)O)[C@@H](O)[C@H]1O.C=C1NC(=O)C=CN1[C@@H]1O[C@H](COP(=O)(O)O)[C@H]2OC(C)(C)OC12. The first-order valence-electron chi connectivity index (χ1n) is 13.1. The van der Waals surface area contributed by atoms with Crippen LogP contribution in [0.3, 0.4) is 0 Å². The van der Waals surface area contributed by atoms with E-state index in [-0.39, 0.29) is 18.3 Å². The molecule has 3 fully saturated rings. The third kappa shape index (κ3) is 8.85. The monoisotopic (exact) mass is 684 g/mol. The van der Waals surface area contributed by atoms with Crippen molar-refractivity contribution < 1.29 is 76.5 Å². The summed E-state index contributed by atoms with van der Waals surface area (Å²) >= 11 is 0. The van der Waals surface area contributed by atoms with Gasteiger partial charge in [-0.3, -0.25) is 18.6 Å². The summed E-state index contributed by atoms with van der Waals surface area (Å²) < 4.78 is 53.1. The molecule has 3 saturated heterocycles. The van der Waals surface area contributed by atoms with Gasteiger partial charge in [-0.15, -0.1) is 0 Å². The highest BCUT2D eigenvalue weighted by molar-refractivity contribution is 7.46. The molecule has 0 aliphatic carbocycles. The number of fused-ring (bicyclic) bond motifs is 1. The largest absolute Gasteiger partial charge is 0.469 e. The molecule has 252 valence electrons. The minimum Gasteiger partial charge on any atom is -0.387 e. The summed E-state index contributed by atoms with van der Waals surface area (Å²) in [5.74, 6) is -1.16. The molecule has 22 heteroatoms. The van der Waals surface area contributed by atoms with Crippen LogP contribution in [0.15, 0.2) is 49.4 Å². The van der Waals surface area contributed by atoms with Gasteiger partial charge in [0.25, 0.3) is 11.8 Å². The summed E-state index contributed by atoms with van der Waals surface area (Å²) in [5.41, 5.74) is 0. The molecule has 0 aromatic carbocycles.